The minimum atomic E-state index is -3.51. The molecule has 1 aliphatic heterocycles. The van der Waals surface area contributed by atoms with Gasteiger partial charge in [-0.25, -0.2) is 8.42 Å². The molecule has 0 amide bonds. The van der Waals surface area contributed by atoms with E-state index in [0.717, 1.165) is 0 Å². The lowest BCUT2D eigenvalue weighted by Gasteiger charge is -2.40. The van der Waals surface area contributed by atoms with Crippen LogP contribution in [0.5, 0.6) is 0 Å². The fourth-order valence-corrected chi connectivity index (χ4v) is 3.59. The zero-order valence-electron chi connectivity index (χ0n) is 10.3. The fourth-order valence-electron chi connectivity index (χ4n) is 1.95. The molecule has 0 radical (unpaired) electrons. The van der Waals surface area contributed by atoms with Crippen LogP contribution in [0.3, 0.4) is 0 Å². The van der Waals surface area contributed by atoms with Crippen LogP contribution in [-0.4, -0.2) is 54.3 Å². The molecule has 1 rings (SSSR count). The van der Waals surface area contributed by atoms with E-state index in [1.54, 1.807) is 6.92 Å². The Kier molecular flexibility index (Phi) is 4.16. The first-order valence-corrected chi connectivity index (χ1v) is 7.11. The van der Waals surface area contributed by atoms with Gasteiger partial charge in [0.25, 0.3) is 0 Å². The van der Waals surface area contributed by atoms with Crippen LogP contribution in [0.4, 0.5) is 0 Å². The summed E-state index contributed by atoms with van der Waals surface area (Å²) in [6.07, 6.45) is -0.549. The quantitative estimate of drug-likeness (QED) is 0.790. The van der Waals surface area contributed by atoms with Crippen LogP contribution in [0.15, 0.2) is 0 Å². The maximum atomic E-state index is 11.9. The highest BCUT2D eigenvalue weighted by Crippen LogP contribution is 2.23. The summed E-state index contributed by atoms with van der Waals surface area (Å²) in [5, 5.41) is 8.52. The predicted molar refractivity (Wildman–Crippen MR) is 62.2 cm³/mol. The Hall–Kier alpha value is -0.660. The molecule has 1 heterocycles. The average Bonchev–Trinajstić information content (AvgIpc) is 2.11. The topological polar surface area (TPSA) is 83.9 Å². The lowest BCUT2D eigenvalue weighted by molar-refractivity contribution is -0.136. The van der Waals surface area contributed by atoms with Gasteiger partial charge in [-0.15, -0.1) is 0 Å². The van der Waals surface area contributed by atoms with E-state index in [1.807, 2.05) is 13.8 Å². The van der Waals surface area contributed by atoms with Crippen LogP contribution < -0.4 is 0 Å². The lowest BCUT2D eigenvalue weighted by Crippen LogP contribution is -2.54. The molecule has 17 heavy (non-hydrogen) atoms. The Morgan fingerprint density at radius 3 is 2.59 bits per heavy atom. The fraction of sp³-hybridized carbons (Fsp3) is 0.900. The van der Waals surface area contributed by atoms with Gasteiger partial charge in [-0.05, 0) is 20.8 Å². The van der Waals surface area contributed by atoms with Crippen LogP contribution in [0.25, 0.3) is 0 Å². The van der Waals surface area contributed by atoms with Crippen molar-refractivity contribution in [1.82, 2.24) is 4.31 Å². The number of carboxylic acids is 1. The molecule has 100 valence electrons. The highest BCUT2D eigenvalue weighted by atomic mass is 32.2. The van der Waals surface area contributed by atoms with Crippen molar-refractivity contribution in [2.75, 3.05) is 18.8 Å². The Morgan fingerprint density at radius 1 is 1.53 bits per heavy atom. The molecule has 0 aromatic rings. The Bertz CT molecular complexity index is 390. The van der Waals surface area contributed by atoms with E-state index >= 15 is 0 Å². The lowest BCUT2D eigenvalue weighted by atomic mass is 10.1. The van der Waals surface area contributed by atoms with Crippen molar-refractivity contribution in [3.63, 3.8) is 0 Å². The number of hydrogen-bond acceptors (Lipinski definition) is 4. The summed E-state index contributed by atoms with van der Waals surface area (Å²) in [7, 11) is -3.51. The molecule has 0 aliphatic carbocycles. The van der Waals surface area contributed by atoms with Gasteiger partial charge < -0.3 is 9.84 Å². The van der Waals surface area contributed by atoms with Gasteiger partial charge in [0.1, 0.15) is 0 Å². The molecule has 1 aliphatic rings. The monoisotopic (exact) mass is 265 g/mol. The molecule has 0 aromatic carbocycles. The van der Waals surface area contributed by atoms with Crippen molar-refractivity contribution in [3.05, 3.63) is 0 Å². The molecule has 1 fully saturated rings. The van der Waals surface area contributed by atoms with E-state index in [4.69, 9.17) is 9.84 Å². The Balaban J connectivity index is 2.74. The highest BCUT2D eigenvalue weighted by molar-refractivity contribution is 7.89. The van der Waals surface area contributed by atoms with E-state index < -0.39 is 21.6 Å². The SMILES string of the molecule is CC1CN(S(=O)(=O)CCC(=O)O)CC(C)(C)O1. The predicted octanol–water partition coefficient (Wildman–Crippen LogP) is 0.290. The van der Waals surface area contributed by atoms with E-state index in [2.05, 4.69) is 0 Å². The number of carboxylic acid groups (broad SMARTS) is 1. The first-order valence-electron chi connectivity index (χ1n) is 5.50. The minimum absolute atomic E-state index is 0.182. The molecule has 1 saturated heterocycles. The molecular formula is C10H19NO5S. The third-order valence-corrected chi connectivity index (χ3v) is 4.29. The number of aliphatic carboxylic acids is 1. The normalized spacial score (nSPS) is 25.7. The number of ether oxygens (including phenoxy) is 1. The summed E-state index contributed by atoms with van der Waals surface area (Å²) in [5.74, 6) is -1.46. The molecule has 0 aromatic heterocycles. The molecule has 7 heteroatoms. The second kappa shape index (κ2) is 4.91. The number of hydrogen-bond donors (Lipinski definition) is 1. The zero-order valence-corrected chi connectivity index (χ0v) is 11.2. The summed E-state index contributed by atoms with van der Waals surface area (Å²) in [4.78, 5) is 10.4. The van der Waals surface area contributed by atoms with Gasteiger partial charge in [0.15, 0.2) is 0 Å². The maximum absolute atomic E-state index is 11.9. The maximum Gasteiger partial charge on any atom is 0.304 e. The minimum Gasteiger partial charge on any atom is -0.481 e. The second-order valence-corrected chi connectivity index (χ2v) is 7.03. The smallest absolute Gasteiger partial charge is 0.304 e. The van der Waals surface area contributed by atoms with E-state index in [-0.39, 0.29) is 31.4 Å². The van der Waals surface area contributed by atoms with Gasteiger partial charge in [-0.2, -0.15) is 4.31 Å². The summed E-state index contributed by atoms with van der Waals surface area (Å²) in [6, 6.07) is 0. The molecule has 6 nitrogen and oxygen atoms in total. The van der Waals surface area contributed by atoms with E-state index in [9.17, 15) is 13.2 Å². The number of rotatable bonds is 4. The van der Waals surface area contributed by atoms with Crippen molar-refractivity contribution in [2.24, 2.45) is 0 Å². The molecule has 1 N–H and O–H groups in total. The van der Waals surface area contributed by atoms with Crippen LogP contribution in [0.2, 0.25) is 0 Å². The summed E-state index contributed by atoms with van der Waals surface area (Å²) < 4.78 is 30.8. The Labute approximate surface area is 102 Å². The third-order valence-electron chi connectivity index (χ3n) is 2.51. The van der Waals surface area contributed by atoms with Crippen LogP contribution >= 0.6 is 0 Å². The average molecular weight is 265 g/mol. The van der Waals surface area contributed by atoms with Gasteiger partial charge in [0, 0.05) is 13.1 Å². The van der Waals surface area contributed by atoms with E-state index in [0.29, 0.717) is 0 Å². The van der Waals surface area contributed by atoms with Crippen LogP contribution in [-0.2, 0) is 19.6 Å². The summed E-state index contributed by atoms with van der Waals surface area (Å²) >= 11 is 0. The van der Waals surface area contributed by atoms with Gasteiger partial charge in [-0.1, -0.05) is 0 Å². The van der Waals surface area contributed by atoms with Gasteiger partial charge >= 0.3 is 5.97 Å². The van der Waals surface area contributed by atoms with E-state index in [1.165, 1.54) is 4.31 Å². The first-order chi connectivity index (χ1) is 7.62. The molecule has 1 atom stereocenters. The number of morpholine rings is 1. The molecule has 0 spiro atoms. The second-order valence-electron chi connectivity index (χ2n) is 4.94. The van der Waals surface area contributed by atoms with Gasteiger partial charge in [0.05, 0.1) is 23.9 Å². The molecule has 0 bridgehead atoms. The highest BCUT2D eigenvalue weighted by Gasteiger charge is 2.37. The summed E-state index contributed by atoms with van der Waals surface area (Å²) in [5.41, 5.74) is -0.534. The Morgan fingerprint density at radius 2 is 2.12 bits per heavy atom. The number of sulfonamides is 1. The third kappa shape index (κ3) is 4.25. The van der Waals surface area contributed by atoms with Crippen LogP contribution in [0.1, 0.15) is 27.2 Å². The van der Waals surface area contributed by atoms with Crippen molar-refractivity contribution in [3.8, 4) is 0 Å². The van der Waals surface area contributed by atoms with Crippen molar-refractivity contribution in [1.29, 1.82) is 0 Å². The molecule has 0 saturated carbocycles. The largest absolute Gasteiger partial charge is 0.481 e. The van der Waals surface area contributed by atoms with Gasteiger partial charge in [-0.3, -0.25) is 4.79 Å². The van der Waals surface area contributed by atoms with Crippen LogP contribution in [0, 0.1) is 0 Å². The standard InChI is InChI=1S/C10H19NO5S/c1-8-6-11(7-10(2,3)16-8)17(14,15)5-4-9(12)13/h8H,4-7H2,1-3H3,(H,12,13). The first kappa shape index (κ1) is 14.4. The van der Waals surface area contributed by atoms with Crippen molar-refractivity contribution in [2.45, 2.75) is 38.9 Å². The molecule has 1 unspecified atom stereocenters. The van der Waals surface area contributed by atoms with Crippen molar-refractivity contribution >= 4 is 16.0 Å². The number of carbonyl (C=O) groups is 1. The molecular weight excluding hydrogens is 246 g/mol. The zero-order chi connectivity index (χ0) is 13.3. The van der Waals surface area contributed by atoms with Crippen molar-refractivity contribution < 1.29 is 23.1 Å². The van der Waals surface area contributed by atoms with Gasteiger partial charge in [0.2, 0.25) is 10.0 Å². The summed E-state index contributed by atoms with van der Waals surface area (Å²) in [6.45, 7) is 6.00. The number of nitrogens with zero attached hydrogens (tertiary/aromatic N) is 1.